The van der Waals surface area contributed by atoms with Crippen LogP contribution >= 0.6 is 0 Å². The van der Waals surface area contributed by atoms with E-state index in [4.69, 9.17) is 10.3 Å². The van der Waals surface area contributed by atoms with Crippen molar-refractivity contribution >= 4 is 0 Å². The summed E-state index contributed by atoms with van der Waals surface area (Å²) in [5, 5.41) is 4.12. The van der Waals surface area contributed by atoms with Crippen molar-refractivity contribution in [2.24, 2.45) is 17.1 Å². The largest absolute Gasteiger partial charge is 0.339 e. The number of hydrogen-bond acceptors (Lipinski definition) is 4. The maximum Gasteiger partial charge on any atom is 0.229 e. The predicted molar refractivity (Wildman–Crippen MR) is 71.0 cm³/mol. The van der Waals surface area contributed by atoms with Gasteiger partial charge in [-0.3, -0.25) is 0 Å². The van der Waals surface area contributed by atoms with Crippen LogP contribution in [0.15, 0.2) is 4.52 Å². The van der Waals surface area contributed by atoms with Gasteiger partial charge in [0, 0.05) is 5.92 Å². The summed E-state index contributed by atoms with van der Waals surface area (Å²) in [5.74, 6) is 2.00. The highest BCUT2D eigenvalue weighted by Crippen LogP contribution is 2.46. The van der Waals surface area contributed by atoms with Crippen molar-refractivity contribution in [1.82, 2.24) is 10.1 Å². The zero-order valence-electron chi connectivity index (χ0n) is 12.2. The van der Waals surface area contributed by atoms with Crippen LogP contribution in [0.2, 0.25) is 0 Å². The van der Waals surface area contributed by atoms with E-state index in [-0.39, 0.29) is 5.92 Å². The molecule has 2 N–H and O–H groups in total. The SMILES string of the molecule is CC(C)c1nc(C2(N)CCC(C)(C)CC2C)no1. The molecule has 1 aliphatic carbocycles. The summed E-state index contributed by atoms with van der Waals surface area (Å²) in [6.45, 7) is 10.9. The Hall–Kier alpha value is -0.900. The molecule has 0 radical (unpaired) electrons. The van der Waals surface area contributed by atoms with Crippen LogP contribution in [-0.2, 0) is 5.54 Å². The topological polar surface area (TPSA) is 64.9 Å². The first-order valence-electron chi connectivity index (χ1n) is 6.87. The zero-order chi connectivity index (χ0) is 13.6. The molecule has 102 valence electrons. The molecule has 1 aromatic rings. The molecule has 0 amide bonds. The van der Waals surface area contributed by atoms with Crippen LogP contribution in [-0.4, -0.2) is 10.1 Å². The van der Waals surface area contributed by atoms with E-state index in [1.165, 1.54) is 0 Å². The minimum absolute atomic E-state index is 0.255. The van der Waals surface area contributed by atoms with Crippen molar-refractivity contribution in [3.63, 3.8) is 0 Å². The van der Waals surface area contributed by atoms with E-state index in [0.717, 1.165) is 19.3 Å². The third-order valence-electron chi connectivity index (χ3n) is 4.31. The Labute approximate surface area is 109 Å². The van der Waals surface area contributed by atoms with Gasteiger partial charge in [-0.05, 0) is 30.6 Å². The smallest absolute Gasteiger partial charge is 0.229 e. The molecule has 4 nitrogen and oxygen atoms in total. The van der Waals surface area contributed by atoms with Crippen LogP contribution in [0.3, 0.4) is 0 Å². The van der Waals surface area contributed by atoms with Gasteiger partial charge < -0.3 is 10.3 Å². The third kappa shape index (κ3) is 2.30. The quantitative estimate of drug-likeness (QED) is 0.876. The van der Waals surface area contributed by atoms with Crippen molar-refractivity contribution in [2.75, 3.05) is 0 Å². The van der Waals surface area contributed by atoms with Gasteiger partial charge >= 0.3 is 0 Å². The van der Waals surface area contributed by atoms with Crippen LogP contribution in [0.25, 0.3) is 0 Å². The fraction of sp³-hybridized carbons (Fsp3) is 0.857. The van der Waals surface area contributed by atoms with Gasteiger partial charge in [0.1, 0.15) is 0 Å². The van der Waals surface area contributed by atoms with Crippen LogP contribution < -0.4 is 5.73 Å². The highest BCUT2D eigenvalue weighted by molar-refractivity contribution is 5.10. The fourth-order valence-electron chi connectivity index (χ4n) is 2.90. The molecule has 1 fully saturated rings. The molecule has 1 heterocycles. The second-order valence-electron chi connectivity index (χ2n) is 6.92. The van der Waals surface area contributed by atoms with Crippen LogP contribution in [0, 0.1) is 11.3 Å². The molecule has 2 rings (SSSR count). The van der Waals surface area contributed by atoms with Gasteiger partial charge in [0.25, 0.3) is 0 Å². The molecule has 0 spiro atoms. The average Bonchev–Trinajstić information content (AvgIpc) is 2.73. The molecule has 0 saturated heterocycles. The summed E-state index contributed by atoms with van der Waals surface area (Å²) in [4.78, 5) is 4.50. The van der Waals surface area contributed by atoms with Gasteiger partial charge in [0.2, 0.25) is 5.89 Å². The molecule has 2 unspecified atom stereocenters. The Bertz CT molecular complexity index is 424. The minimum atomic E-state index is -0.424. The Morgan fingerprint density at radius 3 is 2.50 bits per heavy atom. The van der Waals surface area contributed by atoms with Gasteiger partial charge in [-0.1, -0.05) is 39.8 Å². The Balaban J connectivity index is 2.25. The highest BCUT2D eigenvalue weighted by atomic mass is 16.5. The number of nitrogens with zero attached hydrogens (tertiary/aromatic N) is 2. The summed E-state index contributed by atoms with van der Waals surface area (Å²) in [5.41, 5.74) is 6.52. The lowest BCUT2D eigenvalue weighted by Gasteiger charge is -2.44. The lowest BCUT2D eigenvalue weighted by molar-refractivity contribution is 0.0932. The van der Waals surface area contributed by atoms with Gasteiger partial charge in [0.05, 0.1) is 5.54 Å². The van der Waals surface area contributed by atoms with E-state index in [1.807, 2.05) is 13.8 Å². The summed E-state index contributed by atoms with van der Waals surface area (Å²) >= 11 is 0. The second kappa shape index (κ2) is 4.34. The van der Waals surface area contributed by atoms with Crippen molar-refractivity contribution in [2.45, 2.75) is 65.3 Å². The first-order chi connectivity index (χ1) is 8.24. The monoisotopic (exact) mass is 251 g/mol. The number of nitrogens with two attached hydrogens (primary N) is 1. The molecule has 0 bridgehead atoms. The first-order valence-corrected chi connectivity index (χ1v) is 6.87. The van der Waals surface area contributed by atoms with E-state index in [1.54, 1.807) is 0 Å². The fourth-order valence-corrected chi connectivity index (χ4v) is 2.90. The van der Waals surface area contributed by atoms with E-state index >= 15 is 0 Å². The maximum absolute atomic E-state index is 6.57. The molecule has 0 aromatic carbocycles. The second-order valence-corrected chi connectivity index (χ2v) is 6.92. The molecule has 1 aliphatic rings. The zero-order valence-corrected chi connectivity index (χ0v) is 12.2. The van der Waals surface area contributed by atoms with E-state index in [0.29, 0.717) is 23.0 Å². The van der Waals surface area contributed by atoms with Gasteiger partial charge in [-0.15, -0.1) is 0 Å². The summed E-state index contributed by atoms with van der Waals surface area (Å²) in [6.07, 6.45) is 3.15. The Morgan fingerprint density at radius 2 is 2.00 bits per heavy atom. The predicted octanol–water partition coefficient (Wildman–Crippen LogP) is 3.19. The van der Waals surface area contributed by atoms with Gasteiger partial charge in [0.15, 0.2) is 5.82 Å². The minimum Gasteiger partial charge on any atom is -0.339 e. The average molecular weight is 251 g/mol. The van der Waals surface area contributed by atoms with Gasteiger partial charge in [-0.2, -0.15) is 4.98 Å². The summed E-state index contributed by atoms with van der Waals surface area (Å²) in [6, 6.07) is 0. The normalized spacial score (nSPS) is 31.8. The molecular weight excluding hydrogens is 226 g/mol. The number of aromatic nitrogens is 2. The standard InChI is InChI=1S/C14H25N3O/c1-9(2)11-16-12(17-18-11)14(15)7-6-13(4,5)8-10(14)3/h9-10H,6-8,15H2,1-5H3. The van der Waals surface area contributed by atoms with E-state index < -0.39 is 5.54 Å². The highest BCUT2D eigenvalue weighted by Gasteiger charge is 2.45. The Morgan fingerprint density at radius 1 is 1.33 bits per heavy atom. The summed E-state index contributed by atoms with van der Waals surface area (Å²) < 4.78 is 5.30. The van der Waals surface area contributed by atoms with Crippen molar-refractivity contribution in [3.05, 3.63) is 11.7 Å². The molecule has 2 atom stereocenters. The molecule has 1 aromatic heterocycles. The lowest BCUT2D eigenvalue weighted by atomic mass is 9.64. The molecule has 18 heavy (non-hydrogen) atoms. The van der Waals surface area contributed by atoms with Crippen molar-refractivity contribution in [3.8, 4) is 0 Å². The Kier molecular flexibility index (Phi) is 3.26. The molecule has 1 saturated carbocycles. The van der Waals surface area contributed by atoms with Crippen LogP contribution in [0.5, 0.6) is 0 Å². The van der Waals surface area contributed by atoms with Crippen molar-refractivity contribution < 1.29 is 4.52 Å². The molecule has 4 heteroatoms. The van der Waals surface area contributed by atoms with E-state index in [9.17, 15) is 0 Å². The number of rotatable bonds is 2. The van der Waals surface area contributed by atoms with Crippen LogP contribution in [0.1, 0.15) is 71.5 Å². The summed E-state index contributed by atoms with van der Waals surface area (Å²) in [7, 11) is 0. The molecular formula is C14H25N3O. The van der Waals surface area contributed by atoms with Gasteiger partial charge in [-0.25, -0.2) is 0 Å². The van der Waals surface area contributed by atoms with Crippen LogP contribution in [0.4, 0.5) is 0 Å². The third-order valence-corrected chi connectivity index (χ3v) is 4.31. The lowest BCUT2D eigenvalue weighted by Crippen LogP contribution is -2.49. The van der Waals surface area contributed by atoms with E-state index in [2.05, 4.69) is 30.9 Å². The number of hydrogen-bond donors (Lipinski definition) is 1. The maximum atomic E-state index is 6.57. The van der Waals surface area contributed by atoms with Crippen molar-refractivity contribution in [1.29, 1.82) is 0 Å². The molecule has 0 aliphatic heterocycles. The first kappa shape index (κ1) is 13.5.